The number of aromatic nitrogens is 2. The van der Waals surface area contributed by atoms with Crippen LogP contribution in [0.4, 0.5) is 0 Å². The van der Waals surface area contributed by atoms with Gasteiger partial charge in [0.05, 0.1) is 23.1 Å². The quantitative estimate of drug-likeness (QED) is 0.901. The van der Waals surface area contributed by atoms with Gasteiger partial charge in [0.2, 0.25) is 5.91 Å². The molecule has 0 aliphatic carbocycles. The Balaban J connectivity index is 1.83. The second-order valence-corrected chi connectivity index (χ2v) is 5.76. The number of likely N-dealkylation sites (tertiary alicyclic amines) is 1. The number of hydrogen-bond donors (Lipinski definition) is 1. The van der Waals surface area contributed by atoms with Crippen LogP contribution in [-0.4, -0.2) is 44.0 Å². The number of para-hydroxylation sites is 1. The van der Waals surface area contributed by atoms with Crippen molar-refractivity contribution >= 4 is 22.8 Å². The van der Waals surface area contributed by atoms with Crippen molar-refractivity contribution in [2.75, 3.05) is 6.54 Å². The van der Waals surface area contributed by atoms with Crippen LogP contribution in [0.25, 0.3) is 10.9 Å². The Labute approximate surface area is 132 Å². The van der Waals surface area contributed by atoms with Gasteiger partial charge in [0, 0.05) is 12.6 Å². The minimum atomic E-state index is -0.891. The van der Waals surface area contributed by atoms with Crippen LogP contribution in [0.15, 0.2) is 35.4 Å². The molecule has 1 amide bonds. The minimum absolute atomic E-state index is 0.132. The number of fused-ring (bicyclic) bond motifs is 1. The van der Waals surface area contributed by atoms with Gasteiger partial charge in [-0.2, -0.15) is 0 Å². The number of carbonyl (C=O) groups excluding carboxylic acids is 1. The van der Waals surface area contributed by atoms with E-state index in [-0.39, 0.29) is 24.1 Å². The minimum Gasteiger partial charge on any atom is -0.481 e. The molecule has 2 atom stereocenters. The fourth-order valence-electron chi connectivity index (χ4n) is 3.08. The van der Waals surface area contributed by atoms with E-state index in [0.717, 1.165) is 0 Å². The van der Waals surface area contributed by atoms with Crippen LogP contribution in [0.2, 0.25) is 0 Å². The van der Waals surface area contributed by atoms with E-state index in [1.165, 1.54) is 15.8 Å². The number of benzene rings is 1. The molecular formula is C16H17N3O4. The van der Waals surface area contributed by atoms with E-state index in [1.807, 2.05) is 0 Å². The molecule has 0 saturated carbocycles. The molecule has 1 fully saturated rings. The van der Waals surface area contributed by atoms with Crippen LogP contribution in [0.5, 0.6) is 0 Å². The normalized spacial score (nSPS) is 20.8. The van der Waals surface area contributed by atoms with Crippen molar-refractivity contribution in [3.05, 3.63) is 40.9 Å². The van der Waals surface area contributed by atoms with Crippen LogP contribution >= 0.6 is 0 Å². The predicted molar refractivity (Wildman–Crippen MR) is 82.9 cm³/mol. The van der Waals surface area contributed by atoms with Crippen molar-refractivity contribution in [1.29, 1.82) is 0 Å². The maximum Gasteiger partial charge on any atom is 0.308 e. The van der Waals surface area contributed by atoms with Crippen molar-refractivity contribution in [3.8, 4) is 0 Å². The van der Waals surface area contributed by atoms with Gasteiger partial charge < -0.3 is 10.0 Å². The average molecular weight is 315 g/mol. The molecule has 2 heterocycles. The molecule has 120 valence electrons. The highest BCUT2D eigenvalue weighted by atomic mass is 16.4. The van der Waals surface area contributed by atoms with Gasteiger partial charge in [-0.25, -0.2) is 4.98 Å². The average Bonchev–Trinajstić information content (AvgIpc) is 2.92. The standard InChI is InChI=1S/C16H17N3O4/c1-10-11(16(22)23)6-7-19(10)14(20)8-18-9-17-13-5-3-2-4-12(13)15(18)21/h2-5,9-11H,6-8H2,1H3,(H,22,23). The first kappa shape index (κ1) is 15.2. The molecule has 0 spiro atoms. The fraction of sp³-hybridized carbons (Fsp3) is 0.375. The molecule has 1 N–H and O–H groups in total. The molecule has 7 nitrogen and oxygen atoms in total. The van der Waals surface area contributed by atoms with Crippen molar-refractivity contribution < 1.29 is 14.7 Å². The maximum absolute atomic E-state index is 12.4. The van der Waals surface area contributed by atoms with Gasteiger partial charge in [0.15, 0.2) is 0 Å². The summed E-state index contributed by atoms with van der Waals surface area (Å²) in [5.41, 5.74) is 0.312. The number of nitrogens with zero attached hydrogens (tertiary/aromatic N) is 3. The van der Waals surface area contributed by atoms with Crippen molar-refractivity contribution in [3.63, 3.8) is 0 Å². The lowest BCUT2D eigenvalue weighted by Gasteiger charge is -2.23. The van der Waals surface area contributed by atoms with E-state index in [1.54, 1.807) is 31.2 Å². The van der Waals surface area contributed by atoms with Gasteiger partial charge in [-0.3, -0.25) is 19.0 Å². The van der Waals surface area contributed by atoms with E-state index >= 15 is 0 Å². The summed E-state index contributed by atoms with van der Waals surface area (Å²) in [4.78, 5) is 41.7. The first-order valence-electron chi connectivity index (χ1n) is 7.45. The lowest BCUT2D eigenvalue weighted by atomic mass is 10.0. The van der Waals surface area contributed by atoms with Crippen molar-refractivity contribution in [2.24, 2.45) is 5.92 Å². The fourth-order valence-corrected chi connectivity index (χ4v) is 3.08. The number of carboxylic acids is 1. The van der Waals surface area contributed by atoms with E-state index in [2.05, 4.69) is 4.98 Å². The summed E-state index contributed by atoms with van der Waals surface area (Å²) in [6.07, 6.45) is 1.80. The maximum atomic E-state index is 12.4. The Bertz CT molecular complexity index is 829. The largest absolute Gasteiger partial charge is 0.481 e. The van der Waals surface area contributed by atoms with E-state index in [9.17, 15) is 14.4 Å². The van der Waals surface area contributed by atoms with Gasteiger partial charge in [-0.1, -0.05) is 12.1 Å². The monoisotopic (exact) mass is 315 g/mol. The molecule has 1 aromatic carbocycles. The zero-order valence-electron chi connectivity index (χ0n) is 12.7. The molecule has 1 saturated heterocycles. The molecule has 23 heavy (non-hydrogen) atoms. The molecule has 2 aromatic rings. The van der Waals surface area contributed by atoms with Gasteiger partial charge in [0.25, 0.3) is 5.56 Å². The Morgan fingerprint density at radius 1 is 1.35 bits per heavy atom. The Hall–Kier alpha value is -2.70. The van der Waals surface area contributed by atoms with Crippen LogP contribution in [0.3, 0.4) is 0 Å². The Morgan fingerprint density at radius 2 is 2.09 bits per heavy atom. The van der Waals surface area contributed by atoms with Crippen LogP contribution in [-0.2, 0) is 16.1 Å². The van der Waals surface area contributed by atoms with Crippen LogP contribution in [0.1, 0.15) is 13.3 Å². The summed E-state index contributed by atoms with van der Waals surface area (Å²) in [6, 6.07) is 6.58. The summed E-state index contributed by atoms with van der Waals surface area (Å²) in [5, 5.41) is 9.59. The van der Waals surface area contributed by atoms with Gasteiger partial charge >= 0.3 is 5.97 Å². The highest BCUT2D eigenvalue weighted by molar-refractivity contribution is 5.80. The smallest absolute Gasteiger partial charge is 0.308 e. The summed E-state index contributed by atoms with van der Waals surface area (Å²) in [6.45, 7) is 1.99. The Kier molecular flexibility index (Phi) is 3.85. The molecule has 1 aliphatic heterocycles. The molecule has 1 aliphatic rings. The zero-order valence-corrected chi connectivity index (χ0v) is 12.7. The highest BCUT2D eigenvalue weighted by Crippen LogP contribution is 2.24. The van der Waals surface area contributed by atoms with Crippen molar-refractivity contribution in [1.82, 2.24) is 14.5 Å². The number of aliphatic carboxylic acids is 1. The summed E-state index contributed by atoms with van der Waals surface area (Å²) in [5.74, 6) is -1.71. The highest BCUT2D eigenvalue weighted by Gasteiger charge is 2.38. The van der Waals surface area contributed by atoms with Crippen LogP contribution < -0.4 is 5.56 Å². The number of amides is 1. The molecule has 0 radical (unpaired) electrons. The number of carboxylic acid groups (broad SMARTS) is 1. The lowest BCUT2D eigenvalue weighted by Crippen LogP contribution is -2.41. The molecule has 1 aromatic heterocycles. The van der Waals surface area contributed by atoms with Gasteiger partial charge in [0.1, 0.15) is 6.54 Å². The molecular weight excluding hydrogens is 298 g/mol. The SMILES string of the molecule is CC1C(C(=O)O)CCN1C(=O)Cn1cnc2ccccc2c1=O. The number of hydrogen-bond acceptors (Lipinski definition) is 4. The van der Waals surface area contributed by atoms with Gasteiger partial charge in [-0.05, 0) is 25.5 Å². The zero-order chi connectivity index (χ0) is 16.6. The van der Waals surface area contributed by atoms with E-state index in [0.29, 0.717) is 23.9 Å². The molecule has 7 heteroatoms. The van der Waals surface area contributed by atoms with Crippen molar-refractivity contribution in [2.45, 2.75) is 25.9 Å². The summed E-state index contributed by atoms with van der Waals surface area (Å²) < 4.78 is 1.27. The van der Waals surface area contributed by atoms with E-state index < -0.39 is 11.9 Å². The first-order chi connectivity index (χ1) is 11.0. The topological polar surface area (TPSA) is 92.5 Å². The Morgan fingerprint density at radius 3 is 2.78 bits per heavy atom. The number of rotatable bonds is 3. The second-order valence-electron chi connectivity index (χ2n) is 5.76. The third kappa shape index (κ3) is 2.69. The first-order valence-corrected chi connectivity index (χ1v) is 7.45. The molecule has 0 bridgehead atoms. The summed E-state index contributed by atoms with van der Waals surface area (Å²) in [7, 11) is 0. The lowest BCUT2D eigenvalue weighted by molar-refractivity contribution is -0.143. The van der Waals surface area contributed by atoms with Gasteiger partial charge in [-0.15, -0.1) is 0 Å². The third-order valence-corrected chi connectivity index (χ3v) is 4.43. The second kappa shape index (κ2) is 5.83. The molecule has 2 unspecified atom stereocenters. The predicted octanol–water partition coefficient (Wildman–Crippen LogP) is 0.718. The number of carbonyl (C=O) groups is 2. The molecule has 3 rings (SSSR count). The van der Waals surface area contributed by atoms with E-state index in [4.69, 9.17) is 5.11 Å². The third-order valence-electron chi connectivity index (χ3n) is 4.43. The van der Waals surface area contributed by atoms with Crippen LogP contribution in [0, 0.1) is 5.92 Å². The summed E-state index contributed by atoms with van der Waals surface area (Å²) >= 11 is 0.